The number of carbonyl (C=O) groups excluding carboxylic acids is 1. The van der Waals surface area contributed by atoms with E-state index in [-0.39, 0.29) is 18.3 Å². The van der Waals surface area contributed by atoms with Crippen LogP contribution >= 0.6 is 10.7 Å². The Labute approximate surface area is 121 Å². The molecule has 4 nitrogen and oxygen atoms in total. The predicted molar refractivity (Wildman–Crippen MR) is 77.8 cm³/mol. The predicted octanol–water partition coefficient (Wildman–Crippen LogP) is 3.48. The van der Waals surface area contributed by atoms with Crippen molar-refractivity contribution in [2.75, 3.05) is 12.4 Å². The number of hydrogen-bond donors (Lipinski definition) is 0. The number of carbonyl (C=O) groups is 1. The molecule has 0 atom stereocenters. The van der Waals surface area contributed by atoms with E-state index < -0.39 is 14.5 Å². The molecule has 114 valence electrons. The Hall–Kier alpha value is -0.290. The van der Waals surface area contributed by atoms with E-state index in [1.165, 1.54) is 6.92 Å². The quantitative estimate of drug-likeness (QED) is 0.457. The first-order valence-electron chi connectivity index (χ1n) is 6.80. The standard InChI is InChI=1S/C13H25ClO4S/c1-4-6-8-13(9-7-5-2,10-18-12(3)15)11-19(14,16)17/h4-11H2,1-3H3. The second kappa shape index (κ2) is 8.80. The highest BCUT2D eigenvalue weighted by Gasteiger charge is 2.35. The van der Waals surface area contributed by atoms with E-state index in [0.29, 0.717) is 12.8 Å². The van der Waals surface area contributed by atoms with Crippen molar-refractivity contribution in [1.82, 2.24) is 0 Å². The van der Waals surface area contributed by atoms with Crippen molar-refractivity contribution in [2.24, 2.45) is 5.41 Å². The van der Waals surface area contributed by atoms with Crippen LogP contribution in [0.3, 0.4) is 0 Å². The fourth-order valence-electron chi connectivity index (χ4n) is 2.18. The third kappa shape index (κ3) is 9.27. The minimum atomic E-state index is -3.61. The summed E-state index contributed by atoms with van der Waals surface area (Å²) in [7, 11) is 1.81. The molecule has 6 heteroatoms. The summed E-state index contributed by atoms with van der Waals surface area (Å²) in [6, 6.07) is 0. The van der Waals surface area contributed by atoms with Gasteiger partial charge in [-0.05, 0) is 12.8 Å². The van der Waals surface area contributed by atoms with Crippen LogP contribution in [0.5, 0.6) is 0 Å². The fourth-order valence-corrected chi connectivity index (χ4v) is 3.98. The smallest absolute Gasteiger partial charge is 0.302 e. The van der Waals surface area contributed by atoms with Gasteiger partial charge in [0.2, 0.25) is 9.05 Å². The first-order valence-corrected chi connectivity index (χ1v) is 9.28. The third-order valence-electron chi connectivity index (χ3n) is 3.18. The van der Waals surface area contributed by atoms with Gasteiger partial charge in [0.1, 0.15) is 0 Å². The zero-order valence-corrected chi connectivity index (χ0v) is 13.6. The lowest BCUT2D eigenvalue weighted by molar-refractivity contribution is -0.144. The van der Waals surface area contributed by atoms with Crippen molar-refractivity contribution in [3.63, 3.8) is 0 Å². The van der Waals surface area contributed by atoms with E-state index in [1.54, 1.807) is 0 Å². The molecule has 19 heavy (non-hydrogen) atoms. The second-order valence-corrected chi connectivity index (χ2v) is 7.95. The second-order valence-electron chi connectivity index (χ2n) is 5.17. The van der Waals surface area contributed by atoms with E-state index >= 15 is 0 Å². The summed E-state index contributed by atoms with van der Waals surface area (Å²) in [4.78, 5) is 11.0. The molecule has 0 fully saturated rings. The topological polar surface area (TPSA) is 60.4 Å². The average molecular weight is 313 g/mol. The number of ether oxygens (including phenoxy) is 1. The molecule has 0 spiro atoms. The summed E-state index contributed by atoms with van der Waals surface area (Å²) in [6.07, 6.45) is 5.16. The molecular weight excluding hydrogens is 288 g/mol. The third-order valence-corrected chi connectivity index (χ3v) is 4.47. The van der Waals surface area contributed by atoms with Crippen molar-refractivity contribution in [1.29, 1.82) is 0 Å². The van der Waals surface area contributed by atoms with E-state index in [2.05, 4.69) is 0 Å². The number of esters is 1. The van der Waals surface area contributed by atoms with Gasteiger partial charge in [-0.15, -0.1) is 0 Å². The lowest BCUT2D eigenvalue weighted by atomic mass is 9.80. The molecule has 0 aliphatic rings. The van der Waals surface area contributed by atoms with Crippen LogP contribution in [0.15, 0.2) is 0 Å². The average Bonchev–Trinajstić information content (AvgIpc) is 2.29. The van der Waals surface area contributed by atoms with Crippen LogP contribution in [-0.2, 0) is 18.6 Å². The molecule has 0 heterocycles. The molecule has 0 saturated heterocycles. The molecule has 0 aliphatic carbocycles. The number of rotatable bonds is 10. The summed E-state index contributed by atoms with van der Waals surface area (Å²) < 4.78 is 28.0. The number of unbranched alkanes of at least 4 members (excludes halogenated alkanes) is 2. The van der Waals surface area contributed by atoms with Crippen molar-refractivity contribution in [3.05, 3.63) is 0 Å². The molecule has 0 aromatic carbocycles. The molecule has 0 aliphatic heterocycles. The molecule has 0 aromatic heterocycles. The van der Waals surface area contributed by atoms with Crippen LogP contribution in [0.1, 0.15) is 59.3 Å². The molecule has 0 N–H and O–H groups in total. The number of hydrogen-bond acceptors (Lipinski definition) is 4. The highest BCUT2D eigenvalue weighted by atomic mass is 35.7. The summed E-state index contributed by atoms with van der Waals surface area (Å²) in [5.41, 5.74) is -0.543. The SMILES string of the molecule is CCCCC(CCCC)(COC(C)=O)CS(=O)(=O)Cl. The van der Waals surface area contributed by atoms with Gasteiger partial charge in [-0.3, -0.25) is 4.79 Å². The molecular formula is C13H25ClO4S. The summed E-state index contributed by atoms with van der Waals surface area (Å²) in [6.45, 7) is 5.56. The molecule has 0 saturated carbocycles. The van der Waals surface area contributed by atoms with Gasteiger partial charge in [0.15, 0.2) is 0 Å². The van der Waals surface area contributed by atoms with Gasteiger partial charge in [0, 0.05) is 23.0 Å². The Morgan fingerprint density at radius 1 is 1.16 bits per heavy atom. The van der Waals surface area contributed by atoms with E-state index in [9.17, 15) is 13.2 Å². The Kier molecular flexibility index (Phi) is 8.66. The van der Waals surface area contributed by atoms with Gasteiger partial charge in [0.05, 0.1) is 12.4 Å². The number of halogens is 1. The summed E-state index contributed by atoms with van der Waals surface area (Å²) >= 11 is 0. The minimum absolute atomic E-state index is 0.130. The van der Waals surface area contributed by atoms with Crippen LogP contribution in [0.2, 0.25) is 0 Å². The van der Waals surface area contributed by atoms with Crippen molar-refractivity contribution >= 4 is 25.7 Å². The van der Waals surface area contributed by atoms with Crippen molar-refractivity contribution in [2.45, 2.75) is 59.3 Å². The largest absolute Gasteiger partial charge is 0.465 e. The zero-order chi connectivity index (χ0) is 14.9. The van der Waals surface area contributed by atoms with Crippen LogP contribution in [0.25, 0.3) is 0 Å². The minimum Gasteiger partial charge on any atom is -0.465 e. The van der Waals surface area contributed by atoms with Crippen LogP contribution in [-0.4, -0.2) is 26.7 Å². The van der Waals surface area contributed by atoms with Gasteiger partial charge in [0.25, 0.3) is 0 Å². The van der Waals surface area contributed by atoms with Crippen LogP contribution < -0.4 is 0 Å². The highest BCUT2D eigenvalue weighted by Crippen LogP contribution is 2.34. The Morgan fingerprint density at radius 2 is 1.63 bits per heavy atom. The van der Waals surface area contributed by atoms with Crippen molar-refractivity contribution < 1.29 is 17.9 Å². The highest BCUT2D eigenvalue weighted by molar-refractivity contribution is 8.13. The monoisotopic (exact) mass is 312 g/mol. The van der Waals surface area contributed by atoms with Gasteiger partial charge < -0.3 is 4.74 Å². The molecule has 0 rings (SSSR count). The van der Waals surface area contributed by atoms with E-state index in [4.69, 9.17) is 15.4 Å². The molecule has 0 unspecified atom stereocenters. The first-order chi connectivity index (χ1) is 8.74. The first kappa shape index (κ1) is 18.7. The zero-order valence-electron chi connectivity index (χ0n) is 12.1. The van der Waals surface area contributed by atoms with Gasteiger partial charge in [-0.1, -0.05) is 39.5 Å². The lowest BCUT2D eigenvalue weighted by Gasteiger charge is -2.32. The molecule has 0 amide bonds. The van der Waals surface area contributed by atoms with Gasteiger partial charge in [-0.25, -0.2) is 8.42 Å². The Balaban J connectivity index is 4.99. The Morgan fingerprint density at radius 3 is 1.95 bits per heavy atom. The lowest BCUT2D eigenvalue weighted by Crippen LogP contribution is -2.34. The maximum Gasteiger partial charge on any atom is 0.302 e. The van der Waals surface area contributed by atoms with E-state index in [1.807, 2.05) is 13.8 Å². The molecule has 0 radical (unpaired) electrons. The summed E-state index contributed by atoms with van der Waals surface area (Å²) in [5, 5.41) is 0. The maximum atomic E-state index is 11.4. The van der Waals surface area contributed by atoms with Crippen molar-refractivity contribution in [3.8, 4) is 0 Å². The summed E-state index contributed by atoms with van der Waals surface area (Å²) in [5.74, 6) is -0.515. The molecule has 0 bridgehead atoms. The maximum absolute atomic E-state index is 11.4. The van der Waals surface area contributed by atoms with Gasteiger partial charge >= 0.3 is 5.97 Å². The fraction of sp³-hybridized carbons (Fsp3) is 0.923. The van der Waals surface area contributed by atoms with E-state index in [0.717, 1.165) is 25.7 Å². The van der Waals surface area contributed by atoms with Crippen LogP contribution in [0, 0.1) is 5.41 Å². The van der Waals surface area contributed by atoms with Crippen LogP contribution in [0.4, 0.5) is 0 Å². The Bertz CT molecular complexity index is 357. The molecule has 0 aromatic rings. The van der Waals surface area contributed by atoms with Gasteiger partial charge in [-0.2, -0.15) is 0 Å². The normalized spacial score (nSPS) is 12.4.